The summed E-state index contributed by atoms with van der Waals surface area (Å²) in [4.78, 5) is 27.1. The minimum absolute atomic E-state index is 0.0521. The minimum Gasteiger partial charge on any atom is -0.497 e. The lowest BCUT2D eigenvalue weighted by molar-refractivity contribution is -0.192. The summed E-state index contributed by atoms with van der Waals surface area (Å²) < 4.78 is 36.9. The number of rotatable bonds is 4. The number of benzene rings is 1. The van der Waals surface area contributed by atoms with Crippen LogP contribution in [0.5, 0.6) is 5.75 Å². The van der Waals surface area contributed by atoms with E-state index in [4.69, 9.17) is 14.6 Å². The number of aromatic amines is 1. The summed E-state index contributed by atoms with van der Waals surface area (Å²) in [5, 5.41) is 10.4. The van der Waals surface area contributed by atoms with Crippen molar-refractivity contribution in [3.05, 3.63) is 64.6 Å². The van der Waals surface area contributed by atoms with Crippen molar-refractivity contribution < 1.29 is 32.6 Å². The Morgan fingerprint density at radius 2 is 1.97 bits per heavy atom. The van der Waals surface area contributed by atoms with Gasteiger partial charge in [0, 0.05) is 24.8 Å². The molecule has 0 bridgehead atoms. The number of aliphatic carboxylic acids is 1. The van der Waals surface area contributed by atoms with Crippen LogP contribution in [0.25, 0.3) is 0 Å². The Morgan fingerprint density at radius 1 is 1.32 bits per heavy atom. The summed E-state index contributed by atoms with van der Waals surface area (Å²) in [7, 11) is 3.76. The van der Waals surface area contributed by atoms with Gasteiger partial charge in [-0.2, -0.15) is 13.2 Å². The number of carbonyl (C=O) groups is 2. The first-order valence-electron chi connectivity index (χ1n) is 9.45. The molecule has 0 fully saturated rings. The van der Waals surface area contributed by atoms with Gasteiger partial charge < -0.3 is 20.1 Å². The van der Waals surface area contributed by atoms with Crippen molar-refractivity contribution in [2.45, 2.75) is 25.2 Å². The number of hydrogen-bond donors (Lipinski definition) is 3. The van der Waals surface area contributed by atoms with Crippen molar-refractivity contribution in [2.75, 3.05) is 20.7 Å². The van der Waals surface area contributed by atoms with E-state index >= 15 is 0 Å². The van der Waals surface area contributed by atoms with Crippen LogP contribution in [0, 0.1) is 0 Å². The summed E-state index contributed by atoms with van der Waals surface area (Å²) >= 11 is 0. The number of carboxylic acid groups (broad SMARTS) is 1. The predicted octanol–water partition coefficient (Wildman–Crippen LogP) is 3.06. The van der Waals surface area contributed by atoms with Crippen molar-refractivity contribution in [3.63, 3.8) is 0 Å². The number of halogens is 3. The molecule has 1 unspecified atom stereocenters. The molecular formula is C21H22F3N3O4. The van der Waals surface area contributed by atoms with Gasteiger partial charge in [0.2, 0.25) is 5.78 Å². The Hall–Kier alpha value is -3.27. The number of allylic oxidation sites excluding steroid dienone is 1. The van der Waals surface area contributed by atoms with Gasteiger partial charge in [0.05, 0.1) is 24.5 Å². The summed E-state index contributed by atoms with van der Waals surface area (Å²) in [5.74, 6) is -1.87. The molecule has 0 spiro atoms. The zero-order chi connectivity index (χ0) is 22.8. The van der Waals surface area contributed by atoms with Crippen LogP contribution in [-0.4, -0.2) is 53.6 Å². The van der Waals surface area contributed by atoms with Crippen molar-refractivity contribution >= 4 is 11.8 Å². The number of ether oxygens (including phenoxy) is 1. The quantitative estimate of drug-likeness (QED) is 0.681. The fourth-order valence-corrected chi connectivity index (χ4v) is 3.52. The molecule has 2 aromatic rings. The number of aromatic nitrogens is 1. The molecule has 3 N–H and O–H groups in total. The largest absolute Gasteiger partial charge is 0.497 e. The molecule has 2 aliphatic rings. The van der Waals surface area contributed by atoms with E-state index in [-0.39, 0.29) is 11.8 Å². The summed E-state index contributed by atoms with van der Waals surface area (Å²) in [6.07, 6.45) is -0.0396. The zero-order valence-electron chi connectivity index (χ0n) is 16.9. The van der Waals surface area contributed by atoms with Gasteiger partial charge >= 0.3 is 12.1 Å². The van der Waals surface area contributed by atoms with E-state index in [9.17, 15) is 18.0 Å². The van der Waals surface area contributed by atoms with E-state index in [1.165, 1.54) is 5.56 Å². The third-order valence-electron chi connectivity index (χ3n) is 5.19. The number of alkyl halides is 3. The Bertz CT molecular complexity index is 996. The minimum atomic E-state index is -5.08. The number of ketones is 1. The highest BCUT2D eigenvalue weighted by atomic mass is 19.4. The number of H-pyrrole nitrogens is 1. The SMILES string of the molecule is COc1ccc(CNC2=CC3c4c(c[nH]c4C2=O)CCN3C)cc1.O=C(O)C(F)(F)F. The molecule has 1 atom stereocenters. The van der Waals surface area contributed by atoms with E-state index in [0.717, 1.165) is 35.5 Å². The van der Waals surface area contributed by atoms with Crippen molar-refractivity contribution in [3.8, 4) is 5.75 Å². The standard InChI is InChI=1S/C19H21N3O2.C2HF3O2/c1-22-8-7-13-11-21-18-17(13)16(22)9-15(19(18)23)20-10-12-3-5-14(24-2)6-4-12;3-2(4,5)1(6)7/h3-6,9,11,16,20-21H,7-8,10H2,1-2H3;(H,6,7). The highest BCUT2D eigenvalue weighted by Gasteiger charge is 2.38. The molecule has 7 nitrogen and oxygen atoms in total. The van der Waals surface area contributed by atoms with Crippen LogP contribution in [0.3, 0.4) is 0 Å². The molecule has 10 heteroatoms. The molecule has 166 valence electrons. The van der Waals surface area contributed by atoms with Gasteiger partial charge in [-0.05, 0) is 42.8 Å². The second-order valence-electron chi connectivity index (χ2n) is 7.19. The summed E-state index contributed by atoms with van der Waals surface area (Å²) in [5.41, 5.74) is 4.95. The molecule has 1 aromatic heterocycles. The summed E-state index contributed by atoms with van der Waals surface area (Å²) in [6.45, 7) is 1.62. The number of Topliss-reactive ketones (excluding diaryl/α,β-unsaturated/α-hetero) is 1. The first-order valence-corrected chi connectivity index (χ1v) is 9.45. The highest BCUT2D eigenvalue weighted by molar-refractivity contribution is 6.09. The maximum Gasteiger partial charge on any atom is 0.490 e. The van der Waals surface area contributed by atoms with E-state index in [0.29, 0.717) is 12.2 Å². The topological polar surface area (TPSA) is 94.7 Å². The van der Waals surface area contributed by atoms with Gasteiger partial charge in [0.25, 0.3) is 0 Å². The second kappa shape index (κ2) is 8.84. The first-order chi connectivity index (χ1) is 14.6. The van der Waals surface area contributed by atoms with E-state index in [2.05, 4.69) is 28.3 Å². The van der Waals surface area contributed by atoms with Crippen LogP contribution in [-0.2, 0) is 17.8 Å². The van der Waals surface area contributed by atoms with Gasteiger partial charge in [-0.15, -0.1) is 0 Å². The normalized spacial score (nSPS) is 17.8. The number of carboxylic acids is 1. The molecule has 4 rings (SSSR count). The van der Waals surface area contributed by atoms with Crippen molar-refractivity contribution in [1.29, 1.82) is 0 Å². The zero-order valence-corrected chi connectivity index (χ0v) is 16.9. The molecule has 0 saturated heterocycles. The van der Waals surface area contributed by atoms with Gasteiger partial charge in [0.15, 0.2) is 0 Å². The van der Waals surface area contributed by atoms with Gasteiger partial charge in [-0.1, -0.05) is 12.1 Å². The lowest BCUT2D eigenvalue weighted by Gasteiger charge is -2.34. The second-order valence-corrected chi connectivity index (χ2v) is 7.19. The fraction of sp³-hybridized carbons (Fsp3) is 0.333. The molecule has 1 aliphatic carbocycles. The average Bonchev–Trinajstić information content (AvgIpc) is 3.17. The van der Waals surface area contributed by atoms with Crippen LogP contribution in [0.4, 0.5) is 13.2 Å². The number of hydrogen-bond acceptors (Lipinski definition) is 5. The first kappa shape index (κ1) is 22.4. The number of likely N-dealkylation sites (N-methyl/N-ethyl adjacent to an activating group) is 1. The third kappa shape index (κ3) is 4.91. The Balaban J connectivity index is 0.000000339. The molecule has 1 aliphatic heterocycles. The van der Waals surface area contributed by atoms with Crippen LogP contribution < -0.4 is 10.1 Å². The predicted molar refractivity (Wildman–Crippen MR) is 106 cm³/mol. The van der Waals surface area contributed by atoms with Crippen LogP contribution in [0.1, 0.15) is 33.2 Å². The number of carbonyl (C=O) groups excluding carboxylic acids is 1. The average molecular weight is 437 g/mol. The molecule has 2 heterocycles. The monoisotopic (exact) mass is 437 g/mol. The van der Waals surface area contributed by atoms with E-state index < -0.39 is 12.1 Å². The Labute approximate surface area is 176 Å². The highest BCUT2D eigenvalue weighted by Crippen LogP contribution is 2.37. The molecule has 1 aromatic carbocycles. The third-order valence-corrected chi connectivity index (χ3v) is 5.19. The lowest BCUT2D eigenvalue weighted by atomic mass is 9.88. The van der Waals surface area contributed by atoms with Gasteiger partial charge in [-0.3, -0.25) is 9.69 Å². The number of methoxy groups -OCH3 is 1. The molecule has 31 heavy (non-hydrogen) atoms. The number of nitrogens with zero attached hydrogens (tertiary/aromatic N) is 1. The van der Waals surface area contributed by atoms with E-state index in [1.807, 2.05) is 30.5 Å². The Morgan fingerprint density at radius 3 is 2.55 bits per heavy atom. The smallest absolute Gasteiger partial charge is 0.490 e. The van der Waals surface area contributed by atoms with Crippen LogP contribution in [0.15, 0.2) is 42.2 Å². The number of nitrogens with one attached hydrogen (secondary N) is 2. The van der Waals surface area contributed by atoms with E-state index in [1.54, 1.807) is 7.11 Å². The van der Waals surface area contributed by atoms with Crippen LogP contribution in [0.2, 0.25) is 0 Å². The lowest BCUT2D eigenvalue weighted by Crippen LogP contribution is -2.36. The molecule has 0 radical (unpaired) electrons. The molecule has 0 saturated carbocycles. The Kier molecular flexibility index (Phi) is 6.40. The van der Waals surface area contributed by atoms with Gasteiger partial charge in [-0.25, -0.2) is 4.79 Å². The van der Waals surface area contributed by atoms with Crippen LogP contribution >= 0.6 is 0 Å². The van der Waals surface area contributed by atoms with Gasteiger partial charge in [0.1, 0.15) is 5.75 Å². The molecule has 0 amide bonds. The maximum atomic E-state index is 12.7. The van der Waals surface area contributed by atoms with Crippen molar-refractivity contribution in [2.24, 2.45) is 0 Å². The summed E-state index contributed by atoms with van der Waals surface area (Å²) in [6, 6.07) is 8.04. The fourth-order valence-electron chi connectivity index (χ4n) is 3.52. The van der Waals surface area contributed by atoms with Crippen molar-refractivity contribution in [1.82, 2.24) is 15.2 Å². The maximum absolute atomic E-state index is 12.7. The molecular weight excluding hydrogens is 415 g/mol.